The molecule has 0 radical (unpaired) electrons. The zero-order chi connectivity index (χ0) is 9.78. The lowest BCUT2D eigenvalue weighted by Crippen LogP contribution is -2.39. The molecule has 0 rings (SSSR count). The number of nitrogens with zero attached hydrogens (tertiary/aromatic N) is 1. The van der Waals surface area contributed by atoms with Gasteiger partial charge >= 0.3 is 10.3 Å². The standard InChI is InChI=1S/C6H15NO4S/c1-3-6(2)7(4-5-8)12(9,10)11/h6,8H,3-5H2,1-2H3,(H,9,10,11). The molecule has 0 aromatic rings. The van der Waals surface area contributed by atoms with Crippen molar-refractivity contribution in [2.45, 2.75) is 26.3 Å². The minimum absolute atomic E-state index is 0.0617. The van der Waals surface area contributed by atoms with Crippen LogP contribution in [0.25, 0.3) is 0 Å². The van der Waals surface area contributed by atoms with Gasteiger partial charge in [0.15, 0.2) is 0 Å². The molecule has 0 aliphatic carbocycles. The van der Waals surface area contributed by atoms with Gasteiger partial charge in [0, 0.05) is 12.6 Å². The van der Waals surface area contributed by atoms with E-state index in [1.165, 1.54) is 0 Å². The Kier molecular flexibility index (Phi) is 4.69. The summed E-state index contributed by atoms with van der Waals surface area (Å²) in [7, 11) is -4.17. The highest BCUT2D eigenvalue weighted by molar-refractivity contribution is 7.83. The SMILES string of the molecule is CCC(C)N(CCO)S(=O)(=O)O. The summed E-state index contributed by atoms with van der Waals surface area (Å²) in [5.74, 6) is 0. The molecule has 1 unspecified atom stereocenters. The Morgan fingerprint density at radius 1 is 1.50 bits per heavy atom. The first kappa shape index (κ1) is 11.8. The van der Waals surface area contributed by atoms with Gasteiger partial charge in [-0.3, -0.25) is 4.55 Å². The predicted octanol–water partition coefficient (Wildman–Crippen LogP) is -0.118. The minimum Gasteiger partial charge on any atom is -0.395 e. The largest absolute Gasteiger partial charge is 0.395 e. The van der Waals surface area contributed by atoms with Crippen molar-refractivity contribution >= 4 is 10.3 Å². The van der Waals surface area contributed by atoms with Crippen LogP contribution in [-0.2, 0) is 10.3 Å². The van der Waals surface area contributed by atoms with E-state index >= 15 is 0 Å². The average molecular weight is 197 g/mol. The Morgan fingerprint density at radius 3 is 2.25 bits per heavy atom. The number of rotatable bonds is 5. The minimum atomic E-state index is -4.17. The summed E-state index contributed by atoms with van der Waals surface area (Å²) >= 11 is 0. The lowest BCUT2D eigenvalue weighted by atomic mass is 10.3. The monoisotopic (exact) mass is 197 g/mol. The third kappa shape index (κ3) is 3.48. The quantitative estimate of drug-likeness (QED) is 0.602. The van der Waals surface area contributed by atoms with Crippen molar-refractivity contribution in [2.24, 2.45) is 0 Å². The molecule has 0 aliphatic heterocycles. The summed E-state index contributed by atoms with van der Waals surface area (Å²) in [6.45, 7) is 3.13. The van der Waals surface area contributed by atoms with Crippen molar-refractivity contribution in [1.82, 2.24) is 4.31 Å². The van der Waals surface area contributed by atoms with Crippen molar-refractivity contribution in [3.05, 3.63) is 0 Å². The summed E-state index contributed by atoms with van der Waals surface area (Å²) in [4.78, 5) is 0. The van der Waals surface area contributed by atoms with Crippen LogP contribution in [0.1, 0.15) is 20.3 Å². The molecule has 0 spiro atoms. The highest BCUT2D eigenvalue weighted by Crippen LogP contribution is 2.07. The second-order valence-corrected chi connectivity index (χ2v) is 3.93. The van der Waals surface area contributed by atoms with E-state index in [1.54, 1.807) is 13.8 Å². The van der Waals surface area contributed by atoms with Gasteiger partial charge in [0.05, 0.1) is 6.61 Å². The summed E-state index contributed by atoms with van der Waals surface area (Å²) in [6, 6.07) is -0.285. The van der Waals surface area contributed by atoms with Crippen LogP contribution < -0.4 is 0 Å². The van der Waals surface area contributed by atoms with Crippen LogP contribution in [0.5, 0.6) is 0 Å². The third-order valence-corrected chi connectivity index (χ3v) is 2.83. The van der Waals surface area contributed by atoms with Gasteiger partial charge in [-0.25, -0.2) is 0 Å². The van der Waals surface area contributed by atoms with E-state index in [9.17, 15) is 8.42 Å². The molecule has 0 aliphatic rings. The van der Waals surface area contributed by atoms with Gasteiger partial charge < -0.3 is 5.11 Å². The molecule has 0 bridgehead atoms. The Labute approximate surface area is 72.9 Å². The summed E-state index contributed by atoms with van der Waals surface area (Å²) in [6.07, 6.45) is 0.597. The molecule has 74 valence electrons. The molecule has 0 aromatic heterocycles. The maximum absolute atomic E-state index is 10.7. The Hall–Kier alpha value is -0.170. The van der Waals surface area contributed by atoms with E-state index < -0.39 is 10.3 Å². The zero-order valence-electron chi connectivity index (χ0n) is 7.27. The average Bonchev–Trinajstić information content (AvgIpc) is 1.96. The smallest absolute Gasteiger partial charge is 0.336 e. The maximum Gasteiger partial charge on any atom is 0.336 e. The third-order valence-electron chi connectivity index (χ3n) is 1.70. The van der Waals surface area contributed by atoms with E-state index in [2.05, 4.69) is 0 Å². The van der Waals surface area contributed by atoms with Gasteiger partial charge in [0.25, 0.3) is 0 Å². The molecule has 2 N–H and O–H groups in total. The van der Waals surface area contributed by atoms with Gasteiger partial charge in [0.2, 0.25) is 0 Å². The van der Waals surface area contributed by atoms with Crippen molar-refractivity contribution in [3.8, 4) is 0 Å². The fraction of sp³-hybridized carbons (Fsp3) is 1.00. The van der Waals surface area contributed by atoms with Crippen LogP contribution in [0.2, 0.25) is 0 Å². The lowest BCUT2D eigenvalue weighted by molar-refractivity contribution is 0.216. The number of aliphatic hydroxyl groups excluding tert-OH is 1. The molecule has 0 amide bonds. The Morgan fingerprint density at radius 2 is 2.00 bits per heavy atom. The normalized spacial score (nSPS) is 15.1. The van der Waals surface area contributed by atoms with Crippen LogP contribution in [0.15, 0.2) is 0 Å². The predicted molar refractivity (Wildman–Crippen MR) is 45.1 cm³/mol. The molecule has 0 saturated carbocycles. The Balaban J connectivity index is 4.44. The Bertz CT molecular complexity index is 214. The maximum atomic E-state index is 10.7. The highest BCUT2D eigenvalue weighted by atomic mass is 32.2. The lowest BCUT2D eigenvalue weighted by Gasteiger charge is -2.23. The molecule has 1 atom stereocenters. The number of hydrogen-bond donors (Lipinski definition) is 2. The molecule has 0 fully saturated rings. The number of aliphatic hydroxyl groups is 1. The fourth-order valence-electron chi connectivity index (χ4n) is 0.865. The molecular weight excluding hydrogens is 182 g/mol. The van der Waals surface area contributed by atoms with Crippen molar-refractivity contribution in [2.75, 3.05) is 13.2 Å². The molecule has 0 aromatic carbocycles. The van der Waals surface area contributed by atoms with Crippen molar-refractivity contribution in [3.63, 3.8) is 0 Å². The first-order valence-corrected chi connectivity index (χ1v) is 5.18. The van der Waals surface area contributed by atoms with Crippen LogP contribution in [0.4, 0.5) is 0 Å². The molecule has 12 heavy (non-hydrogen) atoms. The molecule has 5 nitrogen and oxygen atoms in total. The molecule has 0 saturated heterocycles. The zero-order valence-corrected chi connectivity index (χ0v) is 8.08. The van der Waals surface area contributed by atoms with Gasteiger partial charge in [-0.05, 0) is 13.3 Å². The molecular formula is C6H15NO4S. The summed E-state index contributed by atoms with van der Waals surface area (Å²) < 4.78 is 30.9. The second kappa shape index (κ2) is 4.76. The topological polar surface area (TPSA) is 77.8 Å². The van der Waals surface area contributed by atoms with Gasteiger partial charge in [0.1, 0.15) is 0 Å². The van der Waals surface area contributed by atoms with E-state index in [4.69, 9.17) is 9.66 Å². The first-order chi connectivity index (χ1) is 5.43. The molecule has 0 heterocycles. The summed E-state index contributed by atoms with van der Waals surface area (Å²) in [5, 5.41) is 8.53. The van der Waals surface area contributed by atoms with Gasteiger partial charge in [-0.1, -0.05) is 6.92 Å². The van der Waals surface area contributed by atoms with Crippen LogP contribution in [0, 0.1) is 0 Å². The summed E-state index contributed by atoms with van der Waals surface area (Å²) in [5.41, 5.74) is 0. The van der Waals surface area contributed by atoms with Gasteiger partial charge in [-0.15, -0.1) is 0 Å². The fourth-order valence-corrected chi connectivity index (χ4v) is 1.78. The van der Waals surface area contributed by atoms with Crippen LogP contribution >= 0.6 is 0 Å². The second-order valence-electron chi connectivity index (χ2n) is 2.57. The number of hydrogen-bond acceptors (Lipinski definition) is 3. The highest BCUT2D eigenvalue weighted by Gasteiger charge is 2.22. The molecule has 6 heteroatoms. The van der Waals surface area contributed by atoms with Crippen LogP contribution in [0.3, 0.4) is 0 Å². The van der Waals surface area contributed by atoms with E-state index in [-0.39, 0.29) is 19.2 Å². The van der Waals surface area contributed by atoms with E-state index in [0.717, 1.165) is 4.31 Å². The van der Waals surface area contributed by atoms with E-state index in [0.29, 0.717) is 6.42 Å². The van der Waals surface area contributed by atoms with Crippen molar-refractivity contribution < 1.29 is 18.1 Å². The van der Waals surface area contributed by atoms with E-state index in [1.807, 2.05) is 0 Å². The van der Waals surface area contributed by atoms with Crippen LogP contribution in [-0.4, -0.2) is 41.6 Å². The van der Waals surface area contributed by atoms with Crippen molar-refractivity contribution in [1.29, 1.82) is 0 Å². The van der Waals surface area contributed by atoms with Gasteiger partial charge in [-0.2, -0.15) is 12.7 Å². The first-order valence-electron chi connectivity index (χ1n) is 3.78.